The smallest absolute Gasteiger partial charge is 0.258 e. The summed E-state index contributed by atoms with van der Waals surface area (Å²) in [5.41, 5.74) is 2.77. The summed E-state index contributed by atoms with van der Waals surface area (Å²) in [6.07, 6.45) is 0. The maximum atomic E-state index is 12.8. The predicted molar refractivity (Wildman–Crippen MR) is 109 cm³/mol. The van der Waals surface area contributed by atoms with Gasteiger partial charge in [0.2, 0.25) is 0 Å². The highest BCUT2D eigenvalue weighted by Crippen LogP contribution is 2.31. The number of fused-ring (bicyclic) bond motifs is 1. The highest BCUT2D eigenvalue weighted by molar-refractivity contribution is 6.12. The normalized spacial score (nSPS) is 10.7. The number of rotatable bonds is 5. The Bertz CT molecular complexity index is 1180. The Labute approximate surface area is 167 Å². The van der Waals surface area contributed by atoms with Gasteiger partial charge in [-0.1, -0.05) is 17.3 Å². The van der Waals surface area contributed by atoms with Crippen molar-refractivity contribution in [2.75, 3.05) is 12.4 Å². The van der Waals surface area contributed by atoms with Crippen LogP contribution < -0.4 is 14.8 Å². The van der Waals surface area contributed by atoms with Gasteiger partial charge in [0.05, 0.1) is 23.8 Å². The number of nitrogens with zero attached hydrogens (tertiary/aromatic N) is 2. The molecule has 0 fully saturated rings. The second-order valence-corrected chi connectivity index (χ2v) is 6.49. The molecule has 0 saturated heterocycles. The van der Waals surface area contributed by atoms with Crippen LogP contribution in [0.3, 0.4) is 0 Å². The molecule has 2 aromatic carbocycles. The van der Waals surface area contributed by atoms with Crippen LogP contribution in [0.25, 0.3) is 11.1 Å². The van der Waals surface area contributed by atoms with Gasteiger partial charge in [-0.2, -0.15) is 0 Å². The van der Waals surface area contributed by atoms with Crippen LogP contribution in [0.1, 0.15) is 21.7 Å². The summed E-state index contributed by atoms with van der Waals surface area (Å²) >= 11 is 0. The van der Waals surface area contributed by atoms with Crippen LogP contribution in [-0.4, -0.2) is 23.2 Å². The fourth-order valence-corrected chi connectivity index (χ4v) is 3.03. The summed E-state index contributed by atoms with van der Waals surface area (Å²) in [6.45, 7) is 3.58. The first kappa shape index (κ1) is 18.5. The largest absolute Gasteiger partial charge is 0.493 e. The van der Waals surface area contributed by atoms with E-state index in [0.29, 0.717) is 51.0 Å². The molecular weight excluding hydrogens is 370 g/mol. The van der Waals surface area contributed by atoms with Gasteiger partial charge in [-0.25, -0.2) is 4.98 Å². The summed E-state index contributed by atoms with van der Waals surface area (Å²) in [5.74, 6) is 1.63. The number of benzene rings is 2. The Morgan fingerprint density at radius 1 is 1.03 bits per heavy atom. The van der Waals surface area contributed by atoms with Crippen molar-refractivity contribution in [3.05, 3.63) is 71.5 Å². The first-order valence-corrected chi connectivity index (χ1v) is 9.01. The van der Waals surface area contributed by atoms with E-state index in [2.05, 4.69) is 15.5 Å². The Kier molecular flexibility index (Phi) is 4.87. The number of aromatic nitrogens is 2. The van der Waals surface area contributed by atoms with E-state index in [1.165, 1.54) is 0 Å². The number of hydrogen-bond acceptors (Lipinski definition) is 6. The van der Waals surface area contributed by atoms with Gasteiger partial charge >= 0.3 is 0 Å². The molecule has 0 spiro atoms. The molecule has 2 aromatic heterocycles. The predicted octanol–water partition coefficient (Wildman–Crippen LogP) is 4.89. The Balaban J connectivity index is 1.54. The molecule has 0 aliphatic heterocycles. The van der Waals surface area contributed by atoms with E-state index in [-0.39, 0.29) is 5.91 Å². The number of aryl methyl sites for hydroxylation is 2. The topological polar surface area (TPSA) is 86.5 Å². The fourth-order valence-electron chi connectivity index (χ4n) is 3.03. The zero-order chi connectivity index (χ0) is 20.4. The third-order valence-electron chi connectivity index (χ3n) is 4.40. The number of hydrogen-bond donors (Lipinski definition) is 1. The average Bonchev–Trinajstić information content (AvgIpc) is 3.09. The van der Waals surface area contributed by atoms with E-state index in [1.807, 2.05) is 24.3 Å². The summed E-state index contributed by atoms with van der Waals surface area (Å²) in [7, 11) is 1.59. The maximum absolute atomic E-state index is 12.8. The number of amides is 1. The standard InChI is InChI=1S/C22H19N3O4/c1-13-12-17(20-14(2)25-29-22(20)23-13)21(26)24-15-8-10-16(11-9-15)28-19-7-5-4-6-18(19)27-3/h4-12H,1-3H3,(H,24,26). The van der Waals surface area contributed by atoms with Crippen molar-refractivity contribution in [1.29, 1.82) is 0 Å². The number of anilines is 1. The van der Waals surface area contributed by atoms with Crippen molar-refractivity contribution in [3.8, 4) is 17.2 Å². The third-order valence-corrected chi connectivity index (χ3v) is 4.40. The molecule has 0 aliphatic carbocycles. The minimum atomic E-state index is -0.259. The molecule has 146 valence electrons. The lowest BCUT2D eigenvalue weighted by Crippen LogP contribution is -2.13. The second-order valence-electron chi connectivity index (χ2n) is 6.49. The van der Waals surface area contributed by atoms with Gasteiger partial charge in [0.25, 0.3) is 11.6 Å². The van der Waals surface area contributed by atoms with Gasteiger partial charge in [0, 0.05) is 11.4 Å². The van der Waals surface area contributed by atoms with Crippen molar-refractivity contribution in [1.82, 2.24) is 10.1 Å². The number of methoxy groups -OCH3 is 1. The summed E-state index contributed by atoms with van der Waals surface area (Å²) in [6, 6.07) is 16.2. The van der Waals surface area contributed by atoms with Crippen molar-refractivity contribution in [2.24, 2.45) is 0 Å². The molecule has 7 nitrogen and oxygen atoms in total. The van der Waals surface area contributed by atoms with E-state index < -0.39 is 0 Å². The van der Waals surface area contributed by atoms with E-state index in [0.717, 1.165) is 0 Å². The van der Waals surface area contributed by atoms with Crippen LogP contribution in [-0.2, 0) is 0 Å². The molecule has 0 atom stereocenters. The first-order valence-electron chi connectivity index (χ1n) is 9.01. The molecule has 4 aromatic rings. The Hall–Kier alpha value is -3.87. The number of pyridine rings is 1. The minimum absolute atomic E-state index is 0.259. The fraction of sp³-hybridized carbons (Fsp3) is 0.136. The molecule has 4 rings (SSSR count). The highest BCUT2D eigenvalue weighted by Gasteiger charge is 2.18. The maximum Gasteiger partial charge on any atom is 0.258 e. The van der Waals surface area contributed by atoms with Gasteiger partial charge in [-0.15, -0.1) is 0 Å². The lowest BCUT2D eigenvalue weighted by molar-refractivity contribution is 0.102. The lowest BCUT2D eigenvalue weighted by Gasteiger charge is -2.11. The number of para-hydroxylation sites is 2. The zero-order valence-electron chi connectivity index (χ0n) is 16.2. The second kappa shape index (κ2) is 7.63. The van der Waals surface area contributed by atoms with Crippen molar-refractivity contribution in [3.63, 3.8) is 0 Å². The summed E-state index contributed by atoms with van der Waals surface area (Å²) in [5, 5.41) is 7.42. The van der Waals surface area contributed by atoms with Crippen LogP contribution in [0.5, 0.6) is 17.2 Å². The van der Waals surface area contributed by atoms with Gasteiger partial charge in [-0.3, -0.25) is 4.79 Å². The Morgan fingerprint density at radius 2 is 1.76 bits per heavy atom. The molecule has 0 bridgehead atoms. The van der Waals surface area contributed by atoms with E-state index in [9.17, 15) is 4.79 Å². The van der Waals surface area contributed by atoms with Crippen molar-refractivity contribution < 1.29 is 18.8 Å². The number of carbonyl (C=O) groups excluding carboxylic acids is 1. The summed E-state index contributed by atoms with van der Waals surface area (Å²) < 4.78 is 16.3. The quantitative estimate of drug-likeness (QED) is 0.523. The van der Waals surface area contributed by atoms with Crippen LogP contribution >= 0.6 is 0 Å². The van der Waals surface area contributed by atoms with Gasteiger partial charge in [0.1, 0.15) is 5.75 Å². The molecule has 1 amide bonds. The molecule has 0 unspecified atom stereocenters. The molecule has 2 heterocycles. The molecule has 0 saturated carbocycles. The van der Waals surface area contributed by atoms with Crippen LogP contribution in [0, 0.1) is 13.8 Å². The molecule has 0 aliphatic rings. The molecule has 29 heavy (non-hydrogen) atoms. The average molecular weight is 389 g/mol. The minimum Gasteiger partial charge on any atom is -0.493 e. The molecule has 0 radical (unpaired) electrons. The zero-order valence-corrected chi connectivity index (χ0v) is 16.2. The summed E-state index contributed by atoms with van der Waals surface area (Å²) in [4.78, 5) is 17.1. The number of nitrogens with one attached hydrogen (secondary N) is 1. The highest BCUT2D eigenvalue weighted by atomic mass is 16.5. The molecular formula is C22H19N3O4. The molecule has 1 N–H and O–H groups in total. The lowest BCUT2D eigenvalue weighted by atomic mass is 10.1. The van der Waals surface area contributed by atoms with E-state index >= 15 is 0 Å². The van der Waals surface area contributed by atoms with Crippen molar-refractivity contribution in [2.45, 2.75) is 13.8 Å². The van der Waals surface area contributed by atoms with Crippen LogP contribution in [0.15, 0.2) is 59.1 Å². The van der Waals surface area contributed by atoms with Gasteiger partial charge in [-0.05, 0) is 56.3 Å². The first-order chi connectivity index (χ1) is 14.0. The number of ether oxygens (including phenoxy) is 2. The Morgan fingerprint density at radius 3 is 2.48 bits per heavy atom. The van der Waals surface area contributed by atoms with Crippen molar-refractivity contribution >= 4 is 22.7 Å². The SMILES string of the molecule is COc1ccccc1Oc1ccc(NC(=O)c2cc(C)nc3onc(C)c23)cc1. The van der Waals surface area contributed by atoms with Gasteiger partial charge < -0.3 is 19.3 Å². The van der Waals surface area contributed by atoms with E-state index in [1.54, 1.807) is 51.3 Å². The third kappa shape index (κ3) is 3.75. The van der Waals surface area contributed by atoms with Crippen LogP contribution in [0.2, 0.25) is 0 Å². The molecule has 7 heteroatoms. The number of carbonyl (C=O) groups is 1. The van der Waals surface area contributed by atoms with Crippen LogP contribution in [0.4, 0.5) is 5.69 Å². The monoisotopic (exact) mass is 389 g/mol. The van der Waals surface area contributed by atoms with Gasteiger partial charge in [0.15, 0.2) is 11.5 Å². The van der Waals surface area contributed by atoms with E-state index in [4.69, 9.17) is 14.0 Å².